The Kier molecular flexibility index (Phi) is 6.46. The van der Waals surface area contributed by atoms with E-state index in [4.69, 9.17) is 21.1 Å². The van der Waals surface area contributed by atoms with Crippen molar-refractivity contribution in [1.82, 2.24) is 10.2 Å². The smallest absolute Gasteiger partial charge is 0.275 e. The number of benzene rings is 3. The highest BCUT2D eigenvalue weighted by Crippen LogP contribution is 2.32. The van der Waals surface area contributed by atoms with Crippen molar-refractivity contribution < 1.29 is 19.2 Å². The van der Waals surface area contributed by atoms with Crippen molar-refractivity contribution in [2.45, 2.75) is 6.92 Å². The summed E-state index contributed by atoms with van der Waals surface area (Å²) in [6.07, 6.45) is 0. The molecule has 0 unspecified atom stereocenters. The number of methoxy groups -OCH3 is 1. The molecule has 172 valence electrons. The lowest BCUT2D eigenvalue weighted by Crippen LogP contribution is -2.12. The molecule has 2 N–H and O–H groups in total. The van der Waals surface area contributed by atoms with E-state index in [9.17, 15) is 14.9 Å². The number of nitrogens with zero attached hydrogens (tertiary/aromatic N) is 2. The van der Waals surface area contributed by atoms with Gasteiger partial charge in [-0.25, -0.2) is 0 Å². The molecule has 3 aromatic carbocycles. The molecule has 0 radical (unpaired) electrons. The maximum Gasteiger partial charge on any atom is 0.275 e. The highest BCUT2D eigenvalue weighted by Gasteiger charge is 2.16. The number of halogens is 1. The Hall–Kier alpha value is -4.37. The Morgan fingerprint density at radius 2 is 1.91 bits per heavy atom. The lowest BCUT2D eigenvalue weighted by atomic mass is 10.1. The molecule has 0 atom stereocenters. The molecule has 0 bridgehead atoms. The van der Waals surface area contributed by atoms with Gasteiger partial charge in [0.1, 0.15) is 22.9 Å². The van der Waals surface area contributed by atoms with Crippen molar-refractivity contribution in [3.8, 4) is 28.5 Å². The van der Waals surface area contributed by atoms with E-state index in [0.29, 0.717) is 22.2 Å². The van der Waals surface area contributed by atoms with Crippen LogP contribution in [-0.2, 0) is 0 Å². The second-order valence-corrected chi connectivity index (χ2v) is 7.77. The van der Waals surface area contributed by atoms with Gasteiger partial charge >= 0.3 is 0 Å². The first-order valence-corrected chi connectivity index (χ1v) is 10.4. The van der Waals surface area contributed by atoms with Crippen LogP contribution in [0.4, 0.5) is 11.4 Å². The number of amides is 1. The standard InChI is InChI=1S/C24H19ClN4O5/c1-14-8-16(25)6-7-23(14)34-20-11-17(10-18(12-20)29(31)32)26-24(30)22-13-21(27-28-22)15-4-3-5-19(9-15)33-2/h3-13H,1-2H3,(H,26,30)(H,27,28). The van der Waals surface area contributed by atoms with Gasteiger partial charge in [-0.1, -0.05) is 23.7 Å². The molecule has 34 heavy (non-hydrogen) atoms. The Morgan fingerprint density at radius 3 is 2.65 bits per heavy atom. The van der Waals surface area contributed by atoms with E-state index in [1.165, 1.54) is 18.2 Å². The van der Waals surface area contributed by atoms with Gasteiger partial charge in [0.15, 0.2) is 0 Å². The number of nitro benzene ring substituents is 1. The van der Waals surface area contributed by atoms with Crippen LogP contribution < -0.4 is 14.8 Å². The molecule has 4 aromatic rings. The maximum absolute atomic E-state index is 12.8. The average molecular weight is 479 g/mol. The van der Waals surface area contributed by atoms with Crippen molar-refractivity contribution in [2.24, 2.45) is 0 Å². The van der Waals surface area contributed by atoms with E-state index in [1.54, 1.807) is 50.4 Å². The van der Waals surface area contributed by atoms with Gasteiger partial charge < -0.3 is 14.8 Å². The van der Waals surface area contributed by atoms with Crippen molar-refractivity contribution in [1.29, 1.82) is 0 Å². The summed E-state index contributed by atoms with van der Waals surface area (Å²) >= 11 is 5.98. The fraction of sp³-hybridized carbons (Fsp3) is 0.0833. The highest BCUT2D eigenvalue weighted by atomic mass is 35.5. The molecule has 1 aromatic heterocycles. The zero-order valence-corrected chi connectivity index (χ0v) is 18.9. The minimum absolute atomic E-state index is 0.181. The van der Waals surface area contributed by atoms with E-state index in [-0.39, 0.29) is 22.8 Å². The second-order valence-electron chi connectivity index (χ2n) is 7.34. The minimum Gasteiger partial charge on any atom is -0.497 e. The summed E-state index contributed by atoms with van der Waals surface area (Å²) in [6.45, 7) is 1.80. The van der Waals surface area contributed by atoms with Gasteiger partial charge in [0, 0.05) is 22.7 Å². The summed E-state index contributed by atoms with van der Waals surface area (Å²) in [5.74, 6) is 0.817. The average Bonchev–Trinajstić information content (AvgIpc) is 3.31. The molecule has 9 nitrogen and oxygen atoms in total. The van der Waals surface area contributed by atoms with Crippen molar-refractivity contribution in [2.75, 3.05) is 12.4 Å². The number of carbonyl (C=O) groups is 1. The van der Waals surface area contributed by atoms with Crippen LogP contribution in [0.2, 0.25) is 5.02 Å². The lowest BCUT2D eigenvalue weighted by Gasteiger charge is -2.11. The third kappa shape index (κ3) is 5.16. The summed E-state index contributed by atoms with van der Waals surface area (Å²) in [5, 5.41) is 21.5. The number of H-pyrrole nitrogens is 1. The number of aryl methyl sites for hydroxylation is 1. The first-order valence-electron chi connectivity index (χ1n) is 10.1. The summed E-state index contributed by atoms with van der Waals surface area (Å²) in [6, 6.07) is 17.9. The SMILES string of the molecule is COc1cccc(-c2cc(C(=O)Nc3cc(Oc4ccc(Cl)cc4C)cc([N+](=O)[O-])c3)[nH]n2)c1. The van der Waals surface area contributed by atoms with Crippen LogP contribution >= 0.6 is 11.6 Å². The fourth-order valence-corrected chi connectivity index (χ4v) is 3.47. The number of nitro groups is 1. The van der Waals surface area contributed by atoms with Gasteiger partial charge in [-0.3, -0.25) is 20.0 Å². The Labute approximate surface area is 199 Å². The number of anilines is 1. The first kappa shape index (κ1) is 22.8. The molecule has 0 aliphatic rings. The highest BCUT2D eigenvalue weighted by molar-refractivity contribution is 6.30. The van der Waals surface area contributed by atoms with Crippen LogP contribution in [0.15, 0.2) is 66.7 Å². The molecule has 0 saturated carbocycles. The predicted octanol–water partition coefficient (Wildman–Crippen LogP) is 6.00. The van der Waals surface area contributed by atoms with Crippen LogP contribution in [-0.4, -0.2) is 28.1 Å². The zero-order chi connectivity index (χ0) is 24.2. The van der Waals surface area contributed by atoms with Crippen molar-refractivity contribution in [3.05, 3.63) is 93.1 Å². The largest absolute Gasteiger partial charge is 0.497 e. The summed E-state index contributed by atoms with van der Waals surface area (Å²) < 4.78 is 11.0. The van der Waals surface area contributed by atoms with Gasteiger partial charge in [-0.15, -0.1) is 0 Å². The van der Waals surface area contributed by atoms with Crippen LogP contribution in [0.1, 0.15) is 16.1 Å². The molecule has 0 spiro atoms. The number of hydrogen-bond donors (Lipinski definition) is 2. The Morgan fingerprint density at radius 1 is 1.09 bits per heavy atom. The topological polar surface area (TPSA) is 119 Å². The van der Waals surface area contributed by atoms with Crippen molar-refractivity contribution in [3.63, 3.8) is 0 Å². The minimum atomic E-state index is -0.561. The van der Waals surface area contributed by atoms with Crippen LogP contribution in [0.3, 0.4) is 0 Å². The van der Waals surface area contributed by atoms with E-state index in [2.05, 4.69) is 15.5 Å². The van der Waals surface area contributed by atoms with E-state index in [1.807, 2.05) is 12.1 Å². The predicted molar refractivity (Wildman–Crippen MR) is 128 cm³/mol. The number of carbonyl (C=O) groups excluding carboxylic acids is 1. The number of hydrogen-bond acceptors (Lipinski definition) is 6. The summed E-state index contributed by atoms with van der Waals surface area (Å²) in [4.78, 5) is 23.7. The zero-order valence-electron chi connectivity index (χ0n) is 18.2. The molecule has 0 saturated heterocycles. The van der Waals surface area contributed by atoms with E-state index in [0.717, 1.165) is 11.1 Å². The second kappa shape index (κ2) is 9.63. The van der Waals surface area contributed by atoms with E-state index < -0.39 is 10.8 Å². The monoisotopic (exact) mass is 478 g/mol. The normalized spacial score (nSPS) is 10.6. The van der Waals surface area contributed by atoms with Gasteiger partial charge in [-0.2, -0.15) is 5.10 Å². The number of nitrogens with one attached hydrogen (secondary N) is 2. The van der Waals surface area contributed by atoms with Gasteiger partial charge in [0.05, 0.1) is 29.5 Å². The Bertz CT molecular complexity index is 1390. The lowest BCUT2D eigenvalue weighted by molar-refractivity contribution is -0.384. The molecule has 1 heterocycles. The number of rotatable bonds is 7. The fourth-order valence-electron chi connectivity index (χ4n) is 3.24. The number of aromatic nitrogens is 2. The third-order valence-electron chi connectivity index (χ3n) is 4.91. The van der Waals surface area contributed by atoms with Crippen LogP contribution in [0.5, 0.6) is 17.2 Å². The van der Waals surface area contributed by atoms with Crippen molar-refractivity contribution >= 4 is 28.9 Å². The van der Waals surface area contributed by atoms with Crippen LogP contribution in [0, 0.1) is 17.0 Å². The maximum atomic E-state index is 12.8. The van der Waals surface area contributed by atoms with Crippen LogP contribution in [0.25, 0.3) is 11.3 Å². The number of aromatic amines is 1. The third-order valence-corrected chi connectivity index (χ3v) is 5.15. The van der Waals surface area contributed by atoms with Gasteiger partial charge in [-0.05, 0) is 48.9 Å². The Balaban J connectivity index is 1.57. The molecule has 0 fully saturated rings. The molecule has 1 amide bonds. The number of non-ortho nitro benzene ring substituents is 1. The molecule has 4 rings (SSSR count). The quantitative estimate of drug-likeness (QED) is 0.248. The first-order chi connectivity index (χ1) is 16.3. The van der Waals surface area contributed by atoms with Gasteiger partial charge in [0.25, 0.3) is 11.6 Å². The summed E-state index contributed by atoms with van der Waals surface area (Å²) in [7, 11) is 1.56. The summed E-state index contributed by atoms with van der Waals surface area (Å²) in [5.41, 5.74) is 2.20. The molecule has 10 heteroatoms. The molecule has 0 aliphatic heterocycles. The molecular formula is C24H19ClN4O5. The van der Waals surface area contributed by atoms with Gasteiger partial charge in [0.2, 0.25) is 0 Å². The molecule has 0 aliphatic carbocycles. The molecular weight excluding hydrogens is 460 g/mol. The van der Waals surface area contributed by atoms with E-state index >= 15 is 0 Å². The number of ether oxygens (including phenoxy) is 2.